The van der Waals surface area contributed by atoms with Gasteiger partial charge in [-0.05, 0) is 12.8 Å². The molecule has 2 heterocycles. The van der Waals surface area contributed by atoms with E-state index in [-0.39, 0.29) is 5.41 Å². The highest BCUT2D eigenvalue weighted by atomic mass is 15.1. The summed E-state index contributed by atoms with van der Waals surface area (Å²) in [5, 5.41) is 0. The first kappa shape index (κ1) is 11.7. The summed E-state index contributed by atoms with van der Waals surface area (Å²) in [6.45, 7) is 6.54. The van der Waals surface area contributed by atoms with E-state index in [2.05, 4.69) is 47.7 Å². The molecule has 0 bridgehead atoms. The highest BCUT2D eigenvalue weighted by Gasteiger charge is 2.39. The SMILES string of the molecule is CC(C)C(C)(c1nc#cn1C)c1nccn1C. The van der Waals surface area contributed by atoms with Gasteiger partial charge in [-0.1, -0.05) is 13.8 Å². The van der Waals surface area contributed by atoms with Gasteiger partial charge in [-0.15, -0.1) is 0 Å². The van der Waals surface area contributed by atoms with Crippen LogP contribution in [0.2, 0.25) is 0 Å². The lowest BCUT2D eigenvalue weighted by Gasteiger charge is -2.32. The standard InChI is InChI=1S/C13H18N4/c1-10(2)13(3,11-14-6-8-16(11)4)12-15-7-9-17(12)5/h6,8,10H,1-5H3. The normalized spacial score (nSPS) is 11.9. The van der Waals surface area contributed by atoms with Crippen molar-refractivity contribution in [3.8, 4) is 0 Å². The molecular weight excluding hydrogens is 212 g/mol. The maximum absolute atomic E-state index is 4.49. The van der Waals surface area contributed by atoms with Crippen molar-refractivity contribution in [2.45, 2.75) is 26.2 Å². The van der Waals surface area contributed by atoms with Crippen molar-refractivity contribution in [1.82, 2.24) is 19.1 Å². The minimum atomic E-state index is -0.233. The molecule has 0 aliphatic rings. The molecule has 0 saturated carbocycles. The monoisotopic (exact) mass is 230 g/mol. The molecule has 4 heteroatoms. The summed E-state index contributed by atoms with van der Waals surface area (Å²) in [6.07, 6.45) is 9.54. The predicted molar refractivity (Wildman–Crippen MR) is 65.4 cm³/mol. The molecule has 0 aliphatic carbocycles. The van der Waals surface area contributed by atoms with Crippen molar-refractivity contribution in [2.75, 3.05) is 0 Å². The second-order valence-electron chi connectivity index (χ2n) is 4.94. The van der Waals surface area contributed by atoms with E-state index in [4.69, 9.17) is 0 Å². The van der Waals surface area contributed by atoms with Crippen LogP contribution in [0.3, 0.4) is 0 Å². The second-order valence-corrected chi connectivity index (χ2v) is 4.94. The fraction of sp³-hybridized carbons (Fsp3) is 0.538. The van der Waals surface area contributed by atoms with Crippen LogP contribution in [-0.2, 0) is 19.5 Å². The molecule has 17 heavy (non-hydrogen) atoms. The fourth-order valence-corrected chi connectivity index (χ4v) is 2.23. The highest BCUT2D eigenvalue weighted by molar-refractivity contribution is 5.23. The number of rotatable bonds is 3. The van der Waals surface area contributed by atoms with Gasteiger partial charge in [0.25, 0.3) is 0 Å². The van der Waals surface area contributed by atoms with Crippen LogP contribution in [0, 0.1) is 18.3 Å². The highest BCUT2D eigenvalue weighted by Crippen LogP contribution is 2.35. The van der Waals surface area contributed by atoms with E-state index < -0.39 is 0 Å². The quantitative estimate of drug-likeness (QED) is 0.804. The third-order valence-electron chi connectivity index (χ3n) is 3.60. The van der Waals surface area contributed by atoms with E-state index in [1.165, 1.54) is 0 Å². The average Bonchev–Trinajstić information content (AvgIpc) is 2.86. The summed E-state index contributed by atoms with van der Waals surface area (Å²) in [4.78, 5) is 8.82. The molecule has 90 valence electrons. The summed E-state index contributed by atoms with van der Waals surface area (Å²) in [5.74, 6) is 2.34. The zero-order valence-corrected chi connectivity index (χ0v) is 11.0. The Kier molecular flexibility index (Phi) is 2.70. The lowest BCUT2D eigenvalue weighted by molar-refractivity contribution is 0.346. The Hall–Kier alpha value is -1.76. The number of hydrogen-bond donors (Lipinski definition) is 0. The Morgan fingerprint density at radius 1 is 1.29 bits per heavy atom. The Morgan fingerprint density at radius 3 is 2.41 bits per heavy atom. The fourth-order valence-electron chi connectivity index (χ4n) is 2.23. The van der Waals surface area contributed by atoms with Gasteiger partial charge in [0.1, 0.15) is 11.6 Å². The van der Waals surface area contributed by atoms with Crippen LogP contribution < -0.4 is 0 Å². The van der Waals surface area contributed by atoms with Gasteiger partial charge < -0.3 is 4.57 Å². The third kappa shape index (κ3) is 1.62. The first-order valence-corrected chi connectivity index (χ1v) is 5.78. The van der Waals surface area contributed by atoms with Gasteiger partial charge in [0.05, 0.1) is 11.6 Å². The van der Waals surface area contributed by atoms with Crippen LogP contribution >= 0.6 is 0 Å². The Labute approximate surface area is 102 Å². The average molecular weight is 230 g/mol. The molecule has 0 fully saturated rings. The van der Waals surface area contributed by atoms with Crippen molar-refractivity contribution in [2.24, 2.45) is 20.0 Å². The number of aromatic nitrogens is 4. The second kappa shape index (κ2) is 3.92. The van der Waals surface area contributed by atoms with Crippen LogP contribution in [0.1, 0.15) is 32.4 Å². The minimum absolute atomic E-state index is 0.233. The Balaban J connectivity index is 2.63. The number of imidazole rings is 1. The van der Waals surface area contributed by atoms with Crippen LogP contribution in [-0.4, -0.2) is 19.1 Å². The number of nitrogens with zero attached hydrogens (tertiary/aromatic N) is 4. The van der Waals surface area contributed by atoms with E-state index in [1.54, 1.807) is 0 Å². The molecule has 0 spiro atoms. The molecule has 0 aromatic carbocycles. The maximum atomic E-state index is 4.49. The van der Waals surface area contributed by atoms with Gasteiger partial charge in [0, 0.05) is 32.7 Å². The smallest absolute Gasteiger partial charge is 0.140 e. The predicted octanol–water partition coefficient (Wildman–Crippen LogP) is 1.72. The summed E-state index contributed by atoms with van der Waals surface area (Å²) < 4.78 is 3.95. The molecule has 0 saturated heterocycles. The molecule has 2 aromatic rings. The van der Waals surface area contributed by atoms with Gasteiger partial charge in [-0.3, -0.25) is 4.57 Å². The zero-order chi connectivity index (χ0) is 12.6. The summed E-state index contributed by atoms with van der Waals surface area (Å²) in [7, 11) is 3.96. The molecule has 0 amide bonds. The molecule has 2 aromatic heterocycles. The molecule has 1 atom stereocenters. The first-order chi connectivity index (χ1) is 7.98. The molecule has 4 nitrogen and oxygen atoms in total. The van der Waals surface area contributed by atoms with E-state index in [0.717, 1.165) is 11.6 Å². The van der Waals surface area contributed by atoms with Crippen molar-refractivity contribution in [3.05, 3.63) is 36.4 Å². The number of hydrogen-bond acceptors (Lipinski definition) is 2. The molecule has 1 unspecified atom stereocenters. The van der Waals surface area contributed by atoms with Crippen molar-refractivity contribution >= 4 is 0 Å². The van der Waals surface area contributed by atoms with Crippen LogP contribution in [0.5, 0.6) is 0 Å². The van der Waals surface area contributed by atoms with Crippen LogP contribution in [0.4, 0.5) is 0 Å². The van der Waals surface area contributed by atoms with Crippen molar-refractivity contribution in [3.63, 3.8) is 0 Å². The molecule has 0 N–H and O–H groups in total. The molecule has 2 rings (SSSR count). The molecule has 0 radical (unpaired) electrons. The van der Waals surface area contributed by atoms with E-state index in [0.29, 0.717) is 5.92 Å². The summed E-state index contributed by atoms with van der Waals surface area (Å²) in [5.41, 5.74) is -0.233. The van der Waals surface area contributed by atoms with Crippen LogP contribution in [0.15, 0.2) is 12.4 Å². The molecular formula is C13H18N4. The maximum Gasteiger partial charge on any atom is 0.140 e. The minimum Gasteiger partial charge on any atom is -0.337 e. The summed E-state index contributed by atoms with van der Waals surface area (Å²) >= 11 is 0. The topological polar surface area (TPSA) is 35.6 Å². The third-order valence-corrected chi connectivity index (χ3v) is 3.60. The van der Waals surface area contributed by atoms with E-state index in [9.17, 15) is 0 Å². The van der Waals surface area contributed by atoms with Gasteiger partial charge in [-0.2, -0.15) is 4.98 Å². The van der Waals surface area contributed by atoms with Crippen molar-refractivity contribution in [1.29, 1.82) is 0 Å². The largest absolute Gasteiger partial charge is 0.337 e. The number of aryl methyl sites for hydroxylation is 1. The Morgan fingerprint density at radius 2 is 2.00 bits per heavy atom. The van der Waals surface area contributed by atoms with Gasteiger partial charge in [0.2, 0.25) is 0 Å². The molecule has 0 aliphatic heterocycles. The van der Waals surface area contributed by atoms with E-state index in [1.807, 2.05) is 31.1 Å². The van der Waals surface area contributed by atoms with Gasteiger partial charge in [-0.25, -0.2) is 4.98 Å². The van der Waals surface area contributed by atoms with Crippen LogP contribution in [0.25, 0.3) is 0 Å². The lowest BCUT2D eigenvalue weighted by atomic mass is 9.77. The van der Waals surface area contributed by atoms with E-state index >= 15 is 0 Å². The van der Waals surface area contributed by atoms with Gasteiger partial charge >= 0.3 is 0 Å². The summed E-state index contributed by atoms with van der Waals surface area (Å²) in [6, 6.07) is 0. The van der Waals surface area contributed by atoms with Gasteiger partial charge in [0.15, 0.2) is 0 Å². The lowest BCUT2D eigenvalue weighted by Crippen LogP contribution is -2.36. The Bertz CT molecular complexity index is 467. The van der Waals surface area contributed by atoms with Crippen molar-refractivity contribution < 1.29 is 0 Å². The zero-order valence-electron chi connectivity index (χ0n) is 11.0. The first-order valence-electron chi connectivity index (χ1n) is 5.78.